The maximum atomic E-state index is 12.5. The molecule has 1 fully saturated rings. The van der Waals surface area contributed by atoms with E-state index in [-0.39, 0.29) is 23.8 Å². The Kier molecular flexibility index (Phi) is 6.47. The Bertz CT molecular complexity index is 811. The van der Waals surface area contributed by atoms with Gasteiger partial charge in [-0.25, -0.2) is 4.90 Å². The number of rotatable bonds is 6. The smallest absolute Gasteiger partial charge is 0.261 e. The lowest BCUT2D eigenvalue weighted by atomic mass is 9.75. The molecule has 1 aliphatic carbocycles. The maximum Gasteiger partial charge on any atom is 0.261 e. The molecule has 0 bridgehead atoms. The highest BCUT2D eigenvalue weighted by Gasteiger charge is 2.35. The number of hydrogen-bond acceptors (Lipinski definition) is 4. The predicted molar refractivity (Wildman–Crippen MR) is 114 cm³/mol. The summed E-state index contributed by atoms with van der Waals surface area (Å²) in [5.41, 5.74) is 1.83. The molecule has 2 aliphatic rings. The number of imide groups is 1. The van der Waals surface area contributed by atoms with Crippen LogP contribution in [0.25, 0.3) is 0 Å². The van der Waals surface area contributed by atoms with E-state index in [4.69, 9.17) is 9.78 Å². The van der Waals surface area contributed by atoms with Crippen molar-refractivity contribution in [1.29, 1.82) is 0 Å². The lowest BCUT2D eigenvalue weighted by Crippen LogP contribution is -2.35. The van der Waals surface area contributed by atoms with Gasteiger partial charge in [-0.1, -0.05) is 47.1 Å². The Hall–Kier alpha value is -2.14. The number of nitrogens with zero attached hydrogens (tertiary/aromatic N) is 1. The van der Waals surface area contributed by atoms with Crippen LogP contribution in [0.2, 0.25) is 0 Å². The number of carbonyl (C=O) groups is 2. The molecule has 3 atom stereocenters. The number of anilines is 1. The maximum absolute atomic E-state index is 12.5. The van der Waals surface area contributed by atoms with Crippen LogP contribution in [0.1, 0.15) is 72.3 Å². The lowest BCUT2D eigenvalue weighted by Gasteiger charge is -2.36. The number of carbonyl (C=O) groups excluding carboxylic acids is 2. The summed E-state index contributed by atoms with van der Waals surface area (Å²) in [6, 6.07) is 5.45. The molecule has 1 aromatic carbocycles. The van der Waals surface area contributed by atoms with Gasteiger partial charge in [0, 0.05) is 17.2 Å². The second kappa shape index (κ2) is 8.70. The van der Waals surface area contributed by atoms with Gasteiger partial charge in [0.2, 0.25) is 0 Å². The largest absolute Gasteiger partial charge is 0.337 e. The summed E-state index contributed by atoms with van der Waals surface area (Å²) < 4.78 is 0. The number of benzene rings is 1. The van der Waals surface area contributed by atoms with Crippen molar-refractivity contribution < 1.29 is 19.4 Å². The molecule has 5 heteroatoms. The highest BCUT2D eigenvalue weighted by molar-refractivity contribution is 6.30. The Morgan fingerprint density at radius 1 is 1.10 bits per heavy atom. The molecule has 3 unspecified atom stereocenters. The first-order valence-electron chi connectivity index (χ1n) is 10.7. The van der Waals surface area contributed by atoms with Crippen molar-refractivity contribution in [2.45, 2.75) is 72.8 Å². The number of hydrogen-bond donors (Lipinski definition) is 0. The van der Waals surface area contributed by atoms with Gasteiger partial charge in [0.25, 0.3) is 11.8 Å². The standard InChI is InChI=1S/C24H33NO4/c1-14(2)18-11-10-16(5)12-21(18)29-28-20-9-7-8-19(23(20)15(3)4)25-22(26)13-17(6)24(25)27/h7-9,13-16,18,21H,10-12H2,1-6H3. The normalized spacial score (nSPS) is 25.2. The third kappa shape index (κ3) is 4.40. The summed E-state index contributed by atoms with van der Waals surface area (Å²) in [6.07, 6.45) is 4.77. The topological polar surface area (TPSA) is 55.8 Å². The van der Waals surface area contributed by atoms with Crippen LogP contribution in [-0.2, 0) is 14.5 Å². The molecule has 5 nitrogen and oxygen atoms in total. The number of amides is 2. The average molecular weight is 400 g/mol. The van der Waals surface area contributed by atoms with Crippen LogP contribution < -0.4 is 9.79 Å². The fourth-order valence-electron chi connectivity index (χ4n) is 4.54. The molecule has 158 valence electrons. The molecule has 0 radical (unpaired) electrons. The van der Waals surface area contributed by atoms with Gasteiger partial charge in [-0.2, -0.15) is 4.89 Å². The van der Waals surface area contributed by atoms with Crippen LogP contribution in [0.3, 0.4) is 0 Å². The third-order valence-electron chi connectivity index (χ3n) is 6.18. The molecule has 0 saturated heterocycles. The minimum Gasteiger partial charge on any atom is -0.337 e. The van der Waals surface area contributed by atoms with Crippen molar-refractivity contribution in [2.75, 3.05) is 4.90 Å². The van der Waals surface area contributed by atoms with E-state index in [2.05, 4.69) is 20.8 Å². The average Bonchev–Trinajstić information content (AvgIpc) is 2.91. The minimum absolute atomic E-state index is 0.0429. The summed E-state index contributed by atoms with van der Waals surface area (Å²) in [5.74, 6) is 1.64. The minimum atomic E-state index is -0.312. The van der Waals surface area contributed by atoms with Crippen molar-refractivity contribution in [1.82, 2.24) is 0 Å². The van der Waals surface area contributed by atoms with Crippen molar-refractivity contribution in [3.63, 3.8) is 0 Å². The van der Waals surface area contributed by atoms with Crippen LogP contribution in [0.15, 0.2) is 29.8 Å². The Balaban J connectivity index is 1.86. The molecule has 1 aliphatic heterocycles. The van der Waals surface area contributed by atoms with Crippen LogP contribution in [-0.4, -0.2) is 17.9 Å². The van der Waals surface area contributed by atoms with E-state index in [0.717, 1.165) is 18.4 Å². The second-order valence-electron chi connectivity index (χ2n) is 9.19. The predicted octanol–water partition coefficient (Wildman–Crippen LogP) is 5.40. The Morgan fingerprint density at radius 3 is 2.41 bits per heavy atom. The van der Waals surface area contributed by atoms with E-state index in [1.165, 1.54) is 17.4 Å². The van der Waals surface area contributed by atoms with Crippen LogP contribution >= 0.6 is 0 Å². The summed E-state index contributed by atoms with van der Waals surface area (Å²) in [6.45, 7) is 12.4. The third-order valence-corrected chi connectivity index (χ3v) is 6.18. The Labute approximate surface area is 174 Å². The molecule has 1 aromatic rings. The van der Waals surface area contributed by atoms with Gasteiger partial charge in [0.15, 0.2) is 5.75 Å². The summed E-state index contributed by atoms with van der Waals surface area (Å²) in [5, 5.41) is 0. The Morgan fingerprint density at radius 2 is 1.83 bits per heavy atom. The van der Waals surface area contributed by atoms with E-state index in [9.17, 15) is 9.59 Å². The molecule has 2 amide bonds. The van der Waals surface area contributed by atoms with Crippen molar-refractivity contribution in [3.8, 4) is 5.75 Å². The molecule has 0 N–H and O–H groups in total. The SMILES string of the molecule is CC1=CC(=O)N(c2cccc(OOC3CC(C)CCC3C(C)C)c2C(C)C)C1=O. The van der Waals surface area contributed by atoms with Crippen LogP contribution in [0.4, 0.5) is 5.69 Å². The monoisotopic (exact) mass is 399 g/mol. The van der Waals surface area contributed by atoms with E-state index < -0.39 is 0 Å². The molecular weight excluding hydrogens is 366 g/mol. The van der Waals surface area contributed by atoms with E-state index in [1.807, 2.05) is 19.9 Å². The van der Waals surface area contributed by atoms with E-state index in [1.54, 1.807) is 19.1 Å². The molecular formula is C24H33NO4. The zero-order valence-electron chi connectivity index (χ0n) is 18.4. The van der Waals surface area contributed by atoms with Gasteiger partial charge in [-0.3, -0.25) is 9.59 Å². The molecule has 29 heavy (non-hydrogen) atoms. The van der Waals surface area contributed by atoms with Gasteiger partial charge in [0.05, 0.1) is 5.69 Å². The summed E-state index contributed by atoms with van der Waals surface area (Å²) in [4.78, 5) is 38.1. The highest BCUT2D eigenvalue weighted by Crippen LogP contribution is 2.40. The molecule has 0 spiro atoms. The zero-order chi connectivity index (χ0) is 21.3. The van der Waals surface area contributed by atoms with Crippen LogP contribution in [0.5, 0.6) is 5.75 Å². The van der Waals surface area contributed by atoms with E-state index in [0.29, 0.717) is 34.8 Å². The first-order chi connectivity index (χ1) is 13.7. The quantitative estimate of drug-likeness (QED) is 0.365. The van der Waals surface area contributed by atoms with Crippen molar-refractivity contribution >= 4 is 17.5 Å². The summed E-state index contributed by atoms with van der Waals surface area (Å²) in [7, 11) is 0. The summed E-state index contributed by atoms with van der Waals surface area (Å²) >= 11 is 0. The van der Waals surface area contributed by atoms with Crippen molar-refractivity contribution in [2.24, 2.45) is 17.8 Å². The lowest BCUT2D eigenvalue weighted by molar-refractivity contribution is -0.270. The van der Waals surface area contributed by atoms with Gasteiger partial charge < -0.3 is 4.89 Å². The zero-order valence-corrected chi connectivity index (χ0v) is 18.4. The van der Waals surface area contributed by atoms with Crippen molar-refractivity contribution in [3.05, 3.63) is 35.4 Å². The molecule has 1 saturated carbocycles. The van der Waals surface area contributed by atoms with Gasteiger partial charge >= 0.3 is 0 Å². The van der Waals surface area contributed by atoms with E-state index >= 15 is 0 Å². The first-order valence-corrected chi connectivity index (χ1v) is 10.7. The van der Waals surface area contributed by atoms with Gasteiger partial charge in [-0.15, -0.1) is 0 Å². The molecule has 3 rings (SSSR count). The fourth-order valence-corrected chi connectivity index (χ4v) is 4.54. The molecule has 0 aromatic heterocycles. The van der Waals surface area contributed by atoms with Gasteiger partial charge in [0.1, 0.15) is 6.10 Å². The second-order valence-corrected chi connectivity index (χ2v) is 9.19. The molecule has 1 heterocycles. The van der Waals surface area contributed by atoms with Crippen LogP contribution in [0, 0.1) is 17.8 Å². The highest BCUT2D eigenvalue weighted by atomic mass is 17.2. The first kappa shape index (κ1) is 21.6. The van der Waals surface area contributed by atoms with Gasteiger partial charge in [-0.05, 0) is 55.6 Å². The fraction of sp³-hybridized carbons (Fsp3) is 0.583.